The fourth-order valence-corrected chi connectivity index (χ4v) is 3.93. The molecule has 2 aliphatic rings. The van der Waals surface area contributed by atoms with Gasteiger partial charge in [-0.3, -0.25) is 14.4 Å². The summed E-state index contributed by atoms with van der Waals surface area (Å²) >= 11 is 0. The molecule has 2 aliphatic heterocycles. The minimum Gasteiger partial charge on any atom is -0.474 e. The van der Waals surface area contributed by atoms with Gasteiger partial charge in [0.2, 0.25) is 0 Å². The molecule has 2 N–H and O–H groups in total. The molecule has 9 heteroatoms. The van der Waals surface area contributed by atoms with Gasteiger partial charge in [0, 0.05) is 31.2 Å². The number of likely N-dealkylation sites (tertiary alicyclic amines) is 1. The largest absolute Gasteiger partial charge is 0.474 e. The predicted octanol–water partition coefficient (Wildman–Crippen LogP) is 0.724. The molecular weight excluding hydrogens is 354 g/mol. The van der Waals surface area contributed by atoms with Crippen LogP contribution in [0.3, 0.4) is 0 Å². The van der Waals surface area contributed by atoms with Gasteiger partial charge in [0.15, 0.2) is 5.76 Å². The molecule has 140 valence electrons. The van der Waals surface area contributed by atoms with Crippen LogP contribution in [-0.2, 0) is 16.1 Å². The van der Waals surface area contributed by atoms with Crippen molar-refractivity contribution in [2.75, 3.05) is 18.4 Å². The number of aliphatic carboxylic acids is 1. The van der Waals surface area contributed by atoms with Gasteiger partial charge in [-0.25, -0.2) is 4.79 Å². The third kappa shape index (κ3) is 3.01. The number of nitrogens with zero attached hydrogens (tertiary/aromatic N) is 2. The number of furan rings is 1. The van der Waals surface area contributed by atoms with E-state index in [1.54, 1.807) is 16.7 Å². The number of nitrogens with one attached hydrogen (secondary N) is 1. The Balaban J connectivity index is 1.60. The molecule has 9 nitrogen and oxygen atoms in total. The smallest absolute Gasteiger partial charge is 0.394 e. The van der Waals surface area contributed by atoms with Crippen LogP contribution in [0.5, 0.6) is 0 Å². The molecule has 27 heavy (non-hydrogen) atoms. The summed E-state index contributed by atoms with van der Waals surface area (Å²) in [4.78, 5) is 49.0. The van der Waals surface area contributed by atoms with E-state index in [4.69, 9.17) is 9.52 Å². The number of pyridine rings is 1. The second-order valence-electron chi connectivity index (χ2n) is 6.83. The quantitative estimate of drug-likeness (QED) is 0.751. The second-order valence-corrected chi connectivity index (χ2v) is 6.83. The van der Waals surface area contributed by atoms with Crippen molar-refractivity contribution in [3.05, 3.63) is 52.3 Å². The van der Waals surface area contributed by atoms with Gasteiger partial charge in [-0.15, -0.1) is 0 Å². The molecule has 2 atom stereocenters. The summed E-state index contributed by atoms with van der Waals surface area (Å²) in [6.07, 6.45) is 2.17. The van der Waals surface area contributed by atoms with Crippen LogP contribution >= 0.6 is 0 Å². The number of carboxylic acid groups (broad SMARTS) is 1. The lowest BCUT2D eigenvalue weighted by Crippen LogP contribution is -2.51. The van der Waals surface area contributed by atoms with Crippen molar-refractivity contribution in [1.29, 1.82) is 0 Å². The maximum absolute atomic E-state index is 12.8. The number of anilines is 1. The van der Waals surface area contributed by atoms with E-state index in [-0.39, 0.29) is 35.4 Å². The SMILES string of the molecule is O=C(O)C(=O)N1C[C@H]2C[C@H](C1)c1ccc(NC(=O)c3ccco3)c(=O)n1C2. The van der Waals surface area contributed by atoms with Gasteiger partial charge < -0.3 is 24.3 Å². The number of amides is 2. The topological polar surface area (TPSA) is 122 Å². The highest BCUT2D eigenvalue weighted by molar-refractivity contribution is 6.31. The Kier molecular flexibility index (Phi) is 4.06. The fraction of sp³-hybridized carbons (Fsp3) is 0.333. The molecule has 2 bridgehead atoms. The van der Waals surface area contributed by atoms with E-state index in [1.807, 2.05) is 0 Å². The van der Waals surface area contributed by atoms with E-state index < -0.39 is 17.8 Å². The van der Waals surface area contributed by atoms with E-state index in [0.29, 0.717) is 13.1 Å². The second kappa shape index (κ2) is 6.42. The highest BCUT2D eigenvalue weighted by Gasteiger charge is 2.38. The van der Waals surface area contributed by atoms with E-state index in [9.17, 15) is 19.2 Å². The molecule has 1 saturated heterocycles. The first-order chi connectivity index (χ1) is 12.9. The van der Waals surface area contributed by atoms with Gasteiger partial charge in [-0.05, 0) is 36.6 Å². The fourth-order valence-electron chi connectivity index (χ4n) is 3.93. The number of carbonyl (C=O) groups excluding carboxylic acids is 2. The highest BCUT2D eigenvalue weighted by atomic mass is 16.4. The summed E-state index contributed by atoms with van der Waals surface area (Å²) in [6, 6.07) is 6.37. The predicted molar refractivity (Wildman–Crippen MR) is 92.4 cm³/mol. The van der Waals surface area contributed by atoms with Crippen molar-refractivity contribution in [2.45, 2.75) is 18.9 Å². The van der Waals surface area contributed by atoms with Crippen LogP contribution in [0.4, 0.5) is 5.69 Å². The lowest BCUT2D eigenvalue weighted by molar-refractivity contribution is -0.157. The van der Waals surface area contributed by atoms with E-state index in [1.165, 1.54) is 23.3 Å². The van der Waals surface area contributed by atoms with Crippen LogP contribution in [0.1, 0.15) is 28.6 Å². The maximum Gasteiger partial charge on any atom is 0.394 e. The average molecular weight is 371 g/mol. The summed E-state index contributed by atoms with van der Waals surface area (Å²) in [7, 11) is 0. The van der Waals surface area contributed by atoms with Gasteiger partial charge >= 0.3 is 11.9 Å². The van der Waals surface area contributed by atoms with Gasteiger partial charge in [-0.1, -0.05) is 0 Å². The normalized spacial score (nSPS) is 20.7. The minimum atomic E-state index is -1.47. The van der Waals surface area contributed by atoms with E-state index >= 15 is 0 Å². The third-order valence-corrected chi connectivity index (χ3v) is 5.07. The summed E-state index contributed by atoms with van der Waals surface area (Å²) in [5.74, 6) is -2.90. The zero-order chi connectivity index (χ0) is 19.1. The molecule has 4 rings (SSSR count). The average Bonchev–Trinajstić information content (AvgIpc) is 3.18. The van der Waals surface area contributed by atoms with Crippen molar-refractivity contribution < 1.29 is 23.9 Å². The number of carboxylic acids is 1. The first-order valence-corrected chi connectivity index (χ1v) is 8.55. The Morgan fingerprint density at radius 2 is 1.96 bits per heavy atom. The van der Waals surface area contributed by atoms with E-state index in [0.717, 1.165) is 12.1 Å². The molecule has 0 unspecified atom stereocenters. The molecule has 2 aromatic rings. The number of rotatable bonds is 2. The third-order valence-electron chi connectivity index (χ3n) is 5.07. The molecule has 0 aliphatic carbocycles. The van der Waals surface area contributed by atoms with Crippen LogP contribution < -0.4 is 10.9 Å². The molecule has 2 aromatic heterocycles. The summed E-state index contributed by atoms with van der Waals surface area (Å²) in [6.45, 7) is 0.939. The number of piperidine rings is 1. The van der Waals surface area contributed by atoms with E-state index in [2.05, 4.69) is 5.32 Å². The molecule has 0 spiro atoms. The van der Waals surface area contributed by atoms with Gasteiger partial charge in [0.1, 0.15) is 5.69 Å². The zero-order valence-electron chi connectivity index (χ0n) is 14.3. The molecular formula is C18H17N3O6. The molecule has 0 saturated carbocycles. The van der Waals surface area contributed by atoms with Gasteiger partial charge in [0.05, 0.1) is 6.26 Å². The molecule has 1 fully saturated rings. The van der Waals surface area contributed by atoms with Crippen LogP contribution in [0.15, 0.2) is 39.7 Å². The molecule has 0 radical (unpaired) electrons. The van der Waals surface area contributed by atoms with Crippen LogP contribution in [0.2, 0.25) is 0 Å². The Morgan fingerprint density at radius 3 is 2.67 bits per heavy atom. The van der Waals surface area contributed by atoms with Crippen molar-refractivity contribution in [1.82, 2.24) is 9.47 Å². The van der Waals surface area contributed by atoms with Crippen molar-refractivity contribution in [3.8, 4) is 0 Å². The Morgan fingerprint density at radius 1 is 1.15 bits per heavy atom. The Labute approximate surface area is 153 Å². The Hall–Kier alpha value is -3.36. The Bertz CT molecular complexity index is 977. The summed E-state index contributed by atoms with van der Waals surface area (Å²) in [5.41, 5.74) is 0.578. The minimum absolute atomic E-state index is 0.00623. The van der Waals surface area contributed by atoms with Crippen LogP contribution in [-0.4, -0.2) is 45.4 Å². The van der Waals surface area contributed by atoms with Crippen molar-refractivity contribution in [3.63, 3.8) is 0 Å². The monoisotopic (exact) mass is 371 g/mol. The molecule has 0 aromatic carbocycles. The summed E-state index contributed by atoms with van der Waals surface area (Å²) in [5, 5.41) is 11.5. The highest BCUT2D eigenvalue weighted by Crippen LogP contribution is 2.35. The van der Waals surface area contributed by atoms with Gasteiger partial charge in [-0.2, -0.15) is 0 Å². The first kappa shape index (κ1) is 17.1. The zero-order valence-corrected chi connectivity index (χ0v) is 14.3. The molecule has 4 heterocycles. The summed E-state index contributed by atoms with van der Waals surface area (Å²) < 4.78 is 6.64. The standard InChI is InChI=1S/C18H17N3O6/c22-15(14-2-1-5-27-14)19-12-3-4-13-11-6-10(8-21(13)16(12)23)7-20(9-11)17(24)18(25)26/h1-5,10-11H,6-9H2,(H,19,22)(H,25,26)/t10-,11-/m1/s1. The lowest BCUT2D eigenvalue weighted by Gasteiger charge is -2.42. The van der Waals surface area contributed by atoms with Crippen LogP contribution in [0, 0.1) is 5.92 Å². The maximum atomic E-state index is 12.8. The van der Waals surface area contributed by atoms with Crippen LogP contribution in [0.25, 0.3) is 0 Å². The van der Waals surface area contributed by atoms with Crippen molar-refractivity contribution in [2.24, 2.45) is 5.92 Å². The number of hydrogen-bond donors (Lipinski definition) is 2. The number of carbonyl (C=O) groups is 3. The van der Waals surface area contributed by atoms with Gasteiger partial charge in [0.25, 0.3) is 11.5 Å². The lowest BCUT2D eigenvalue weighted by atomic mass is 9.83. The van der Waals surface area contributed by atoms with Crippen molar-refractivity contribution >= 4 is 23.5 Å². The number of aromatic nitrogens is 1. The number of fused-ring (bicyclic) bond motifs is 4. The number of hydrogen-bond acceptors (Lipinski definition) is 5. The first-order valence-electron chi connectivity index (χ1n) is 8.55. The molecule has 2 amide bonds.